The summed E-state index contributed by atoms with van der Waals surface area (Å²) >= 11 is 0. The Morgan fingerprint density at radius 3 is 2.10 bits per heavy atom. The molecular formula is C17H17NO3. The van der Waals surface area contributed by atoms with Crippen LogP contribution in [0.5, 0.6) is 0 Å². The molecule has 108 valence electrons. The van der Waals surface area contributed by atoms with Gasteiger partial charge in [0.15, 0.2) is 5.78 Å². The molecule has 0 radical (unpaired) electrons. The van der Waals surface area contributed by atoms with Crippen molar-refractivity contribution in [3.8, 4) is 0 Å². The monoisotopic (exact) mass is 283 g/mol. The SMILES string of the molecule is Cc1cc(C(=O)c2ccc(C(C)C)cc2)ccc1[N+](=O)[O-]. The number of hydrogen-bond acceptors (Lipinski definition) is 3. The minimum Gasteiger partial charge on any atom is -0.289 e. The van der Waals surface area contributed by atoms with Gasteiger partial charge in [0, 0.05) is 22.8 Å². The van der Waals surface area contributed by atoms with Crippen LogP contribution in [0.15, 0.2) is 42.5 Å². The zero-order valence-electron chi connectivity index (χ0n) is 12.3. The molecule has 0 bridgehead atoms. The quantitative estimate of drug-likeness (QED) is 0.478. The van der Waals surface area contributed by atoms with Crippen LogP contribution >= 0.6 is 0 Å². The Hall–Kier alpha value is -2.49. The van der Waals surface area contributed by atoms with Gasteiger partial charge in [0.2, 0.25) is 0 Å². The smallest absolute Gasteiger partial charge is 0.272 e. The summed E-state index contributed by atoms with van der Waals surface area (Å²) in [5.74, 6) is 0.291. The van der Waals surface area contributed by atoms with Crippen molar-refractivity contribution in [2.75, 3.05) is 0 Å². The number of rotatable bonds is 4. The van der Waals surface area contributed by atoms with E-state index in [0.717, 1.165) is 0 Å². The van der Waals surface area contributed by atoms with Gasteiger partial charge in [-0.05, 0) is 30.5 Å². The van der Waals surface area contributed by atoms with Crippen LogP contribution in [0, 0.1) is 17.0 Å². The Morgan fingerprint density at radius 2 is 1.62 bits per heavy atom. The highest BCUT2D eigenvalue weighted by Crippen LogP contribution is 2.21. The molecule has 0 saturated carbocycles. The maximum Gasteiger partial charge on any atom is 0.272 e. The average Bonchev–Trinajstić information content (AvgIpc) is 2.46. The number of aryl methyl sites for hydroxylation is 1. The number of ketones is 1. The van der Waals surface area contributed by atoms with Crippen LogP contribution in [0.4, 0.5) is 5.69 Å². The van der Waals surface area contributed by atoms with Crippen LogP contribution in [-0.4, -0.2) is 10.7 Å². The fourth-order valence-corrected chi connectivity index (χ4v) is 2.19. The Bertz CT molecular complexity index is 688. The van der Waals surface area contributed by atoms with Gasteiger partial charge in [-0.25, -0.2) is 0 Å². The van der Waals surface area contributed by atoms with E-state index in [-0.39, 0.29) is 11.5 Å². The second kappa shape index (κ2) is 5.87. The molecule has 0 unspecified atom stereocenters. The third-order valence-corrected chi connectivity index (χ3v) is 3.50. The first-order chi connectivity index (χ1) is 9.90. The molecule has 2 aromatic carbocycles. The van der Waals surface area contributed by atoms with Gasteiger partial charge < -0.3 is 0 Å². The van der Waals surface area contributed by atoms with E-state index in [4.69, 9.17) is 0 Å². The maximum atomic E-state index is 12.4. The lowest BCUT2D eigenvalue weighted by molar-refractivity contribution is -0.385. The molecule has 0 saturated heterocycles. The molecule has 4 nitrogen and oxygen atoms in total. The van der Waals surface area contributed by atoms with E-state index < -0.39 is 4.92 Å². The first-order valence-corrected chi connectivity index (χ1v) is 6.80. The third-order valence-electron chi connectivity index (χ3n) is 3.50. The molecule has 0 heterocycles. The van der Waals surface area contributed by atoms with E-state index in [1.807, 2.05) is 12.1 Å². The summed E-state index contributed by atoms with van der Waals surface area (Å²) in [6.07, 6.45) is 0. The average molecular weight is 283 g/mol. The van der Waals surface area contributed by atoms with Gasteiger partial charge in [0.25, 0.3) is 5.69 Å². The third kappa shape index (κ3) is 3.16. The number of benzene rings is 2. The summed E-state index contributed by atoms with van der Waals surface area (Å²) < 4.78 is 0. The lowest BCUT2D eigenvalue weighted by atomic mass is 9.97. The molecule has 0 fully saturated rings. The van der Waals surface area contributed by atoms with Crippen molar-refractivity contribution in [2.45, 2.75) is 26.7 Å². The van der Waals surface area contributed by atoms with Gasteiger partial charge in [0.1, 0.15) is 0 Å². The van der Waals surface area contributed by atoms with Gasteiger partial charge in [-0.15, -0.1) is 0 Å². The molecular weight excluding hydrogens is 266 g/mol. The van der Waals surface area contributed by atoms with Gasteiger partial charge >= 0.3 is 0 Å². The predicted molar refractivity (Wildman–Crippen MR) is 81.8 cm³/mol. The highest BCUT2D eigenvalue weighted by molar-refractivity contribution is 6.09. The molecule has 2 rings (SSSR count). The van der Waals surface area contributed by atoms with E-state index in [1.165, 1.54) is 17.7 Å². The highest BCUT2D eigenvalue weighted by atomic mass is 16.6. The van der Waals surface area contributed by atoms with Crippen LogP contribution in [-0.2, 0) is 0 Å². The fraction of sp³-hybridized carbons (Fsp3) is 0.235. The Labute approximate surface area is 123 Å². The zero-order chi connectivity index (χ0) is 15.6. The summed E-state index contributed by atoms with van der Waals surface area (Å²) in [5.41, 5.74) is 2.75. The number of carbonyl (C=O) groups excluding carboxylic acids is 1. The molecule has 2 aromatic rings. The Morgan fingerprint density at radius 1 is 1.05 bits per heavy atom. The Kier molecular flexibility index (Phi) is 4.17. The predicted octanol–water partition coefficient (Wildman–Crippen LogP) is 4.26. The minimum absolute atomic E-state index is 0.0294. The van der Waals surface area contributed by atoms with Crippen molar-refractivity contribution >= 4 is 11.5 Å². The van der Waals surface area contributed by atoms with Gasteiger partial charge in [-0.1, -0.05) is 38.1 Å². The topological polar surface area (TPSA) is 60.2 Å². The van der Waals surface area contributed by atoms with Crippen molar-refractivity contribution in [2.24, 2.45) is 0 Å². The van der Waals surface area contributed by atoms with E-state index in [2.05, 4.69) is 13.8 Å². The lowest BCUT2D eigenvalue weighted by Crippen LogP contribution is -2.03. The van der Waals surface area contributed by atoms with Crippen LogP contribution in [0.25, 0.3) is 0 Å². The summed E-state index contributed by atoms with van der Waals surface area (Å²) in [4.78, 5) is 22.7. The second-order valence-corrected chi connectivity index (χ2v) is 5.36. The number of nitro groups is 1. The van der Waals surface area contributed by atoms with Crippen molar-refractivity contribution in [1.29, 1.82) is 0 Å². The van der Waals surface area contributed by atoms with Crippen molar-refractivity contribution in [3.63, 3.8) is 0 Å². The molecule has 0 aliphatic rings. The van der Waals surface area contributed by atoms with Crippen molar-refractivity contribution in [3.05, 3.63) is 74.8 Å². The van der Waals surface area contributed by atoms with Crippen molar-refractivity contribution in [1.82, 2.24) is 0 Å². The first kappa shape index (κ1) is 14.9. The van der Waals surface area contributed by atoms with Crippen LogP contribution < -0.4 is 0 Å². The van der Waals surface area contributed by atoms with E-state index in [1.54, 1.807) is 25.1 Å². The van der Waals surface area contributed by atoms with Gasteiger partial charge in [-0.2, -0.15) is 0 Å². The molecule has 0 atom stereocenters. The molecule has 0 N–H and O–H groups in total. The number of nitro benzene ring substituents is 1. The van der Waals surface area contributed by atoms with E-state index >= 15 is 0 Å². The lowest BCUT2D eigenvalue weighted by Gasteiger charge is -2.07. The van der Waals surface area contributed by atoms with Gasteiger partial charge in [0.05, 0.1) is 4.92 Å². The normalized spacial score (nSPS) is 10.7. The van der Waals surface area contributed by atoms with Crippen LogP contribution in [0.1, 0.15) is 46.8 Å². The van der Waals surface area contributed by atoms with Crippen LogP contribution in [0.3, 0.4) is 0 Å². The minimum atomic E-state index is -0.443. The molecule has 0 aliphatic heterocycles. The van der Waals surface area contributed by atoms with E-state index in [9.17, 15) is 14.9 Å². The number of hydrogen-bond donors (Lipinski definition) is 0. The number of carbonyl (C=O) groups is 1. The first-order valence-electron chi connectivity index (χ1n) is 6.80. The second-order valence-electron chi connectivity index (χ2n) is 5.36. The zero-order valence-corrected chi connectivity index (χ0v) is 12.3. The summed E-state index contributed by atoms with van der Waals surface area (Å²) in [5, 5.41) is 10.8. The van der Waals surface area contributed by atoms with Crippen molar-refractivity contribution < 1.29 is 9.72 Å². The molecule has 4 heteroatoms. The maximum absolute atomic E-state index is 12.4. The van der Waals surface area contributed by atoms with E-state index in [0.29, 0.717) is 22.6 Å². The molecule has 0 spiro atoms. The Balaban J connectivity index is 2.31. The summed E-state index contributed by atoms with van der Waals surface area (Å²) in [6.45, 7) is 5.82. The van der Waals surface area contributed by atoms with Gasteiger partial charge in [-0.3, -0.25) is 14.9 Å². The standard InChI is InChI=1S/C17H17NO3/c1-11(2)13-4-6-14(7-5-13)17(19)15-8-9-16(18(20)21)12(3)10-15/h4-11H,1-3H3. The largest absolute Gasteiger partial charge is 0.289 e. The molecule has 0 amide bonds. The molecule has 0 aliphatic carbocycles. The number of nitrogens with zero attached hydrogens (tertiary/aromatic N) is 1. The molecule has 21 heavy (non-hydrogen) atoms. The molecule has 0 aromatic heterocycles. The fourth-order valence-electron chi connectivity index (χ4n) is 2.19. The summed E-state index contributed by atoms with van der Waals surface area (Å²) in [6, 6.07) is 11.9. The highest BCUT2D eigenvalue weighted by Gasteiger charge is 2.15. The van der Waals surface area contributed by atoms with Crippen LogP contribution in [0.2, 0.25) is 0 Å². The summed E-state index contributed by atoms with van der Waals surface area (Å²) in [7, 11) is 0.